The summed E-state index contributed by atoms with van der Waals surface area (Å²) in [6, 6.07) is 35.5. The van der Waals surface area contributed by atoms with E-state index in [1.807, 2.05) is 103 Å². The maximum Gasteiger partial charge on any atom is 0.340 e. The molecule has 0 unspecified atom stereocenters. The van der Waals surface area contributed by atoms with Gasteiger partial charge in [-0.25, -0.2) is 0 Å². The number of halogens is 1. The van der Waals surface area contributed by atoms with Gasteiger partial charge in [0.1, 0.15) is 0 Å². The van der Waals surface area contributed by atoms with E-state index >= 15 is 0 Å². The number of pyridine rings is 1. The van der Waals surface area contributed by atoms with Crippen molar-refractivity contribution in [2.45, 2.75) is 0 Å². The van der Waals surface area contributed by atoms with Crippen LogP contribution in [-0.2, 0) is 20.4 Å². The maximum absolute atomic E-state index is 14.0. The van der Waals surface area contributed by atoms with Crippen molar-refractivity contribution < 1.29 is 24.5 Å². The molecule has 4 heteroatoms. The molecule has 0 spiro atoms. The van der Waals surface area contributed by atoms with Gasteiger partial charge in [0.2, 0.25) is 0 Å². The molecule has 137 valence electrons. The second-order valence-electron chi connectivity index (χ2n) is 5.54. The second-order valence-corrected chi connectivity index (χ2v) is 7.32. The Labute approximate surface area is 175 Å². The Kier molecular flexibility index (Phi) is 8.80. The molecule has 0 aliphatic heterocycles. The minimum atomic E-state index is -2.04. The first kappa shape index (κ1) is 20.9. The van der Waals surface area contributed by atoms with Crippen LogP contribution in [0.2, 0.25) is 0 Å². The molecule has 27 heavy (non-hydrogen) atoms. The summed E-state index contributed by atoms with van der Waals surface area (Å²) in [5.74, 6) is 0. The van der Waals surface area contributed by atoms with Crippen molar-refractivity contribution in [2.75, 3.05) is 0 Å². The van der Waals surface area contributed by atoms with Crippen LogP contribution in [0.15, 0.2) is 109 Å². The SMILES string of the molecule is F[Si](c1ccccc1)c1ccccc1.[Pd].[c-]1ccccc1-c1ccccn1. The summed E-state index contributed by atoms with van der Waals surface area (Å²) in [5, 5.41) is 1.62. The average Bonchev–Trinajstić information content (AvgIpc) is 2.76. The normalized spacial score (nSPS) is 9.70. The van der Waals surface area contributed by atoms with Crippen LogP contribution in [-0.4, -0.2) is 14.1 Å². The quantitative estimate of drug-likeness (QED) is 0.252. The molecule has 0 aliphatic carbocycles. The Hall–Kier alpha value is -2.38. The van der Waals surface area contributed by atoms with Crippen LogP contribution in [0, 0.1) is 6.07 Å². The van der Waals surface area contributed by atoms with Crippen LogP contribution in [0.1, 0.15) is 0 Å². The maximum atomic E-state index is 14.0. The molecule has 0 saturated carbocycles. The standard InChI is InChI=1S/C12H10FSi.C11H8N.Pd/c13-14(11-7-3-1-4-8-11)12-9-5-2-6-10-12;1-2-6-10(7-3-1)11-8-4-5-9-12-11;/h1-10H;1-6,8-9H;/q;-1;. The molecule has 4 rings (SSSR count). The Morgan fingerprint density at radius 2 is 1.22 bits per heavy atom. The number of hydrogen-bond donors (Lipinski definition) is 0. The molecular weight excluding hydrogens is 444 g/mol. The predicted octanol–water partition coefficient (Wildman–Crippen LogP) is 4.31. The van der Waals surface area contributed by atoms with E-state index in [-0.39, 0.29) is 20.4 Å². The minimum Gasteiger partial charge on any atom is -0.305 e. The fourth-order valence-electron chi connectivity index (χ4n) is 2.41. The summed E-state index contributed by atoms with van der Waals surface area (Å²) in [5.41, 5.74) is 2.01. The topological polar surface area (TPSA) is 12.9 Å². The molecule has 0 fully saturated rings. The van der Waals surface area contributed by atoms with Gasteiger partial charge in [0.15, 0.2) is 0 Å². The summed E-state index contributed by atoms with van der Waals surface area (Å²) >= 11 is 0. The molecule has 3 aromatic carbocycles. The number of hydrogen-bond acceptors (Lipinski definition) is 1. The zero-order valence-corrected chi connectivity index (χ0v) is 17.1. The van der Waals surface area contributed by atoms with E-state index in [1.54, 1.807) is 6.20 Å². The van der Waals surface area contributed by atoms with Crippen LogP contribution < -0.4 is 10.4 Å². The number of rotatable bonds is 3. The van der Waals surface area contributed by atoms with Gasteiger partial charge >= 0.3 is 9.13 Å². The Morgan fingerprint density at radius 1 is 0.667 bits per heavy atom. The van der Waals surface area contributed by atoms with Crippen LogP contribution in [0.5, 0.6) is 0 Å². The fourth-order valence-corrected chi connectivity index (χ4v) is 3.71. The van der Waals surface area contributed by atoms with Gasteiger partial charge < -0.3 is 9.09 Å². The summed E-state index contributed by atoms with van der Waals surface area (Å²) in [6.07, 6.45) is 1.79. The van der Waals surface area contributed by atoms with Crippen LogP contribution in [0.3, 0.4) is 0 Å². The van der Waals surface area contributed by atoms with Gasteiger partial charge in [-0.1, -0.05) is 72.8 Å². The molecule has 1 nitrogen and oxygen atoms in total. The minimum absolute atomic E-state index is 0. The molecule has 4 aromatic rings. The average molecular weight is 462 g/mol. The van der Waals surface area contributed by atoms with E-state index in [0.717, 1.165) is 21.6 Å². The van der Waals surface area contributed by atoms with Gasteiger partial charge in [-0.2, -0.15) is 0 Å². The summed E-state index contributed by atoms with van der Waals surface area (Å²) in [4.78, 5) is 4.22. The largest absolute Gasteiger partial charge is 0.340 e. The van der Waals surface area contributed by atoms with Gasteiger partial charge in [0, 0.05) is 26.6 Å². The monoisotopic (exact) mass is 461 g/mol. The number of nitrogens with zero attached hydrogens (tertiary/aromatic N) is 1. The first-order valence-corrected chi connectivity index (χ1v) is 9.74. The molecule has 1 radical (unpaired) electrons. The first-order valence-electron chi connectivity index (χ1n) is 8.36. The van der Waals surface area contributed by atoms with E-state index in [9.17, 15) is 4.11 Å². The molecule has 0 bridgehead atoms. The van der Waals surface area contributed by atoms with Crippen molar-refractivity contribution in [1.29, 1.82) is 0 Å². The molecule has 1 heterocycles. The molecule has 0 saturated heterocycles. The Bertz CT molecular complexity index is 813. The Balaban J connectivity index is 0.000000189. The van der Waals surface area contributed by atoms with Crippen LogP contribution in [0.4, 0.5) is 4.11 Å². The van der Waals surface area contributed by atoms with Crippen molar-refractivity contribution >= 4 is 19.5 Å². The van der Waals surface area contributed by atoms with Gasteiger partial charge in [-0.3, -0.25) is 0 Å². The van der Waals surface area contributed by atoms with Crippen molar-refractivity contribution in [2.24, 2.45) is 0 Å². The summed E-state index contributed by atoms with van der Waals surface area (Å²) in [7, 11) is -2.04. The molecular formula is C23H18FNPdSi-. The summed E-state index contributed by atoms with van der Waals surface area (Å²) < 4.78 is 14.0. The molecule has 0 amide bonds. The smallest absolute Gasteiger partial charge is 0.305 e. The van der Waals surface area contributed by atoms with E-state index < -0.39 is 9.13 Å². The third kappa shape index (κ3) is 6.37. The van der Waals surface area contributed by atoms with E-state index in [2.05, 4.69) is 11.1 Å². The fraction of sp³-hybridized carbons (Fsp3) is 0. The zero-order chi connectivity index (χ0) is 18.0. The van der Waals surface area contributed by atoms with E-state index in [4.69, 9.17) is 0 Å². The van der Waals surface area contributed by atoms with Crippen molar-refractivity contribution in [3.8, 4) is 11.3 Å². The van der Waals surface area contributed by atoms with Crippen molar-refractivity contribution in [3.63, 3.8) is 0 Å². The zero-order valence-electron chi connectivity index (χ0n) is 14.5. The first-order chi connectivity index (χ1) is 12.8. The van der Waals surface area contributed by atoms with Crippen LogP contribution in [0.25, 0.3) is 11.3 Å². The van der Waals surface area contributed by atoms with Gasteiger partial charge in [0.25, 0.3) is 0 Å². The molecule has 0 aliphatic rings. The molecule has 1 aromatic heterocycles. The van der Waals surface area contributed by atoms with E-state index in [1.165, 1.54) is 0 Å². The Morgan fingerprint density at radius 3 is 1.70 bits per heavy atom. The van der Waals surface area contributed by atoms with Crippen LogP contribution >= 0.6 is 0 Å². The third-order valence-electron chi connectivity index (χ3n) is 3.70. The third-order valence-corrected chi connectivity index (χ3v) is 5.38. The van der Waals surface area contributed by atoms with E-state index in [0.29, 0.717) is 0 Å². The molecule has 0 atom stereocenters. The van der Waals surface area contributed by atoms with Gasteiger partial charge in [0.05, 0.1) is 0 Å². The van der Waals surface area contributed by atoms with Crippen molar-refractivity contribution in [1.82, 2.24) is 4.98 Å². The number of aromatic nitrogens is 1. The van der Waals surface area contributed by atoms with Gasteiger partial charge in [-0.15, -0.1) is 35.9 Å². The number of benzene rings is 3. The predicted molar refractivity (Wildman–Crippen MR) is 108 cm³/mol. The molecule has 0 N–H and O–H groups in total. The van der Waals surface area contributed by atoms with Crippen molar-refractivity contribution in [3.05, 3.63) is 115 Å². The van der Waals surface area contributed by atoms with Gasteiger partial charge in [-0.05, 0) is 22.1 Å². The second kappa shape index (κ2) is 11.4. The summed E-state index contributed by atoms with van der Waals surface area (Å²) in [6.45, 7) is 0.